The summed E-state index contributed by atoms with van der Waals surface area (Å²) in [7, 11) is 0. The molecule has 0 aliphatic carbocycles. The van der Waals surface area contributed by atoms with Crippen LogP contribution in [0.25, 0.3) is 0 Å². The summed E-state index contributed by atoms with van der Waals surface area (Å²) in [4.78, 5) is 25.7. The summed E-state index contributed by atoms with van der Waals surface area (Å²) in [5.74, 6) is -0.659. The maximum absolute atomic E-state index is 12.7. The van der Waals surface area contributed by atoms with Crippen LogP contribution in [0.1, 0.15) is 30.0 Å². The van der Waals surface area contributed by atoms with Gasteiger partial charge in [-0.1, -0.05) is 6.92 Å². The highest BCUT2D eigenvalue weighted by Crippen LogP contribution is 2.13. The highest BCUT2D eigenvalue weighted by atomic mass is 16.2. The molecule has 110 valence electrons. The van der Waals surface area contributed by atoms with Gasteiger partial charge in [-0.15, -0.1) is 0 Å². The van der Waals surface area contributed by atoms with Gasteiger partial charge in [0.15, 0.2) is 0 Å². The van der Waals surface area contributed by atoms with Gasteiger partial charge in [-0.05, 0) is 19.4 Å². The van der Waals surface area contributed by atoms with E-state index in [9.17, 15) is 9.59 Å². The zero-order valence-corrected chi connectivity index (χ0v) is 11.9. The fraction of sp³-hybridized carbons (Fsp3) is 0.615. The van der Waals surface area contributed by atoms with Gasteiger partial charge in [-0.2, -0.15) is 5.10 Å². The lowest BCUT2D eigenvalue weighted by atomic mass is 10.1. The lowest BCUT2D eigenvalue weighted by Gasteiger charge is -2.34. The molecule has 1 aliphatic heterocycles. The molecule has 3 N–H and O–H groups in total. The molecule has 2 rings (SSSR count). The Balaban J connectivity index is 2.29. The third-order valence-electron chi connectivity index (χ3n) is 3.54. The van der Waals surface area contributed by atoms with Crippen LogP contribution in [-0.2, 0) is 17.8 Å². The van der Waals surface area contributed by atoms with Gasteiger partial charge in [0.05, 0.1) is 5.69 Å². The van der Waals surface area contributed by atoms with Crippen LogP contribution in [0.15, 0.2) is 6.07 Å². The molecule has 1 fully saturated rings. The van der Waals surface area contributed by atoms with Crippen LogP contribution in [0, 0.1) is 0 Å². The molecule has 7 heteroatoms. The van der Waals surface area contributed by atoms with Crippen molar-refractivity contribution in [2.45, 2.75) is 32.9 Å². The summed E-state index contributed by atoms with van der Waals surface area (Å²) < 4.78 is 1.68. The van der Waals surface area contributed by atoms with Gasteiger partial charge < -0.3 is 16.0 Å². The van der Waals surface area contributed by atoms with Gasteiger partial charge in [0, 0.05) is 26.2 Å². The number of amides is 2. The van der Waals surface area contributed by atoms with Gasteiger partial charge in [-0.25, -0.2) is 0 Å². The number of carbonyl (C=O) groups is 2. The molecular weight excluding hydrogens is 258 g/mol. The molecule has 0 bridgehead atoms. The molecule has 1 unspecified atom stereocenters. The van der Waals surface area contributed by atoms with E-state index >= 15 is 0 Å². The average Bonchev–Trinajstić information content (AvgIpc) is 2.89. The van der Waals surface area contributed by atoms with Crippen LogP contribution >= 0.6 is 0 Å². The number of hydrogen-bond donors (Lipinski definition) is 2. The van der Waals surface area contributed by atoms with Crippen molar-refractivity contribution in [3.05, 3.63) is 17.5 Å². The normalized spacial score (nSPS) is 19.1. The third kappa shape index (κ3) is 2.67. The molecular formula is C13H21N5O2. The zero-order chi connectivity index (χ0) is 14.7. The van der Waals surface area contributed by atoms with E-state index in [1.807, 2.05) is 13.8 Å². The van der Waals surface area contributed by atoms with E-state index in [0.29, 0.717) is 31.9 Å². The summed E-state index contributed by atoms with van der Waals surface area (Å²) in [6.07, 6.45) is 0.772. The SMILES string of the molecule is CCc1cc(C(=O)N2CCNCC2C(N)=O)n(CC)n1. The molecule has 2 heterocycles. The fourth-order valence-electron chi connectivity index (χ4n) is 2.40. The topological polar surface area (TPSA) is 93.3 Å². The average molecular weight is 279 g/mol. The first kappa shape index (κ1) is 14.5. The number of hydrogen-bond acceptors (Lipinski definition) is 4. The Morgan fingerprint density at radius 3 is 2.85 bits per heavy atom. The Morgan fingerprint density at radius 1 is 1.50 bits per heavy atom. The molecule has 0 spiro atoms. The molecule has 0 aromatic carbocycles. The second-order valence-electron chi connectivity index (χ2n) is 4.81. The minimum atomic E-state index is -0.596. The highest BCUT2D eigenvalue weighted by molar-refractivity contribution is 5.96. The summed E-state index contributed by atoms with van der Waals surface area (Å²) in [6, 6.07) is 1.20. The van der Waals surface area contributed by atoms with Crippen molar-refractivity contribution in [2.24, 2.45) is 5.73 Å². The number of nitrogens with zero attached hydrogens (tertiary/aromatic N) is 3. The first-order valence-electron chi connectivity index (χ1n) is 6.96. The summed E-state index contributed by atoms with van der Waals surface area (Å²) in [5.41, 5.74) is 6.78. The molecule has 7 nitrogen and oxygen atoms in total. The molecule has 1 atom stereocenters. The monoisotopic (exact) mass is 279 g/mol. The largest absolute Gasteiger partial charge is 0.368 e. The predicted octanol–water partition coefficient (Wildman–Crippen LogP) is -0.635. The highest BCUT2D eigenvalue weighted by Gasteiger charge is 2.32. The molecule has 20 heavy (non-hydrogen) atoms. The van der Waals surface area contributed by atoms with Crippen molar-refractivity contribution in [3.8, 4) is 0 Å². The van der Waals surface area contributed by atoms with E-state index in [1.165, 1.54) is 0 Å². The van der Waals surface area contributed by atoms with Crippen molar-refractivity contribution in [1.82, 2.24) is 20.0 Å². The molecule has 1 aromatic heterocycles. The minimum Gasteiger partial charge on any atom is -0.368 e. The molecule has 0 saturated carbocycles. The van der Waals surface area contributed by atoms with Gasteiger partial charge >= 0.3 is 0 Å². The fourth-order valence-corrected chi connectivity index (χ4v) is 2.40. The Bertz CT molecular complexity index is 511. The summed E-state index contributed by atoms with van der Waals surface area (Å²) in [5, 5.41) is 7.45. The molecule has 1 aromatic rings. The Hall–Kier alpha value is -1.89. The number of nitrogens with one attached hydrogen (secondary N) is 1. The van der Waals surface area contributed by atoms with Crippen molar-refractivity contribution >= 4 is 11.8 Å². The molecule has 0 radical (unpaired) electrons. The van der Waals surface area contributed by atoms with Crippen molar-refractivity contribution in [3.63, 3.8) is 0 Å². The zero-order valence-electron chi connectivity index (χ0n) is 11.9. The van der Waals surface area contributed by atoms with Gasteiger partial charge in [0.2, 0.25) is 5.91 Å². The first-order valence-corrected chi connectivity index (χ1v) is 6.96. The second kappa shape index (κ2) is 6.04. The molecule has 1 aliphatic rings. The number of primary amides is 1. The maximum Gasteiger partial charge on any atom is 0.272 e. The van der Waals surface area contributed by atoms with Crippen molar-refractivity contribution in [2.75, 3.05) is 19.6 Å². The number of aromatic nitrogens is 2. The van der Waals surface area contributed by atoms with E-state index in [-0.39, 0.29) is 5.91 Å². The summed E-state index contributed by atoms with van der Waals surface area (Å²) in [6.45, 7) is 6.09. The molecule has 1 saturated heterocycles. The standard InChI is InChI=1S/C13H21N5O2/c1-3-9-7-10(18(4-2)16-9)13(20)17-6-5-15-8-11(17)12(14)19/h7,11,15H,3-6,8H2,1-2H3,(H2,14,19). The third-order valence-corrected chi connectivity index (χ3v) is 3.54. The minimum absolute atomic E-state index is 0.177. The maximum atomic E-state index is 12.7. The Kier molecular flexibility index (Phi) is 4.39. The number of rotatable bonds is 4. The second-order valence-corrected chi connectivity index (χ2v) is 4.81. The van der Waals surface area contributed by atoms with Gasteiger partial charge in [-0.3, -0.25) is 14.3 Å². The van der Waals surface area contributed by atoms with E-state index in [2.05, 4.69) is 10.4 Å². The Labute approximate surface area is 118 Å². The van der Waals surface area contributed by atoms with Crippen molar-refractivity contribution in [1.29, 1.82) is 0 Å². The van der Waals surface area contributed by atoms with E-state index in [1.54, 1.807) is 15.6 Å². The van der Waals surface area contributed by atoms with Gasteiger partial charge in [0.1, 0.15) is 11.7 Å². The lowest BCUT2D eigenvalue weighted by molar-refractivity contribution is -0.122. The summed E-state index contributed by atoms with van der Waals surface area (Å²) >= 11 is 0. The van der Waals surface area contributed by atoms with E-state index in [4.69, 9.17) is 5.73 Å². The molecule has 2 amide bonds. The van der Waals surface area contributed by atoms with Crippen LogP contribution in [0.2, 0.25) is 0 Å². The first-order chi connectivity index (χ1) is 9.58. The van der Waals surface area contributed by atoms with Crippen LogP contribution < -0.4 is 11.1 Å². The quantitative estimate of drug-likeness (QED) is 0.767. The van der Waals surface area contributed by atoms with E-state index < -0.39 is 11.9 Å². The van der Waals surface area contributed by atoms with Crippen LogP contribution in [-0.4, -0.2) is 52.2 Å². The van der Waals surface area contributed by atoms with Crippen LogP contribution in [0.4, 0.5) is 0 Å². The lowest BCUT2D eigenvalue weighted by Crippen LogP contribution is -2.58. The number of nitrogens with two attached hydrogens (primary N) is 1. The van der Waals surface area contributed by atoms with Crippen molar-refractivity contribution < 1.29 is 9.59 Å². The smallest absolute Gasteiger partial charge is 0.272 e. The Morgan fingerprint density at radius 2 is 2.25 bits per heavy atom. The predicted molar refractivity (Wildman–Crippen MR) is 74.2 cm³/mol. The van der Waals surface area contributed by atoms with Crippen LogP contribution in [0.3, 0.4) is 0 Å². The number of piperazine rings is 1. The van der Waals surface area contributed by atoms with Gasteiger partial charge in [0.25, 0.3) is 5.91 Å². The number of carbonyl (C=O) groups excluding carboxylic acids is 2. The number of aryl methyl sites for hydroxylation is 2. The van der Waals surface area contributed by atoms with Crippen LogP contribution in [0.5, 0.6) is 0 Å². The van der Waals surface area contributed by atoms with E-state index in [0.717, 1.165) is 12.1 Å².